The summed E-state index contributed by atoms with van der Waals surface area (Å²) >= 11 is 0. The SMILES string of the molecule is CC1(C)c2cccc3c2N2c4c1cccc4C(C)(C)c1cc(-c4ccc5oc6ccccc6c(=O)c5c4)cc(c12)C3(C)C. The van der Waals surface area contributed by atoms with Crippen LogP contribution in [0.15, 0.2) is 100 Å². The van der Waals surface area contributed by atoms with Gasteiger partial charge in [-0.1, -0.05) is 96.1 Å². The second kappa shape index (κ2) is 7.65. The number of hydrogen-bond donors (Lipinski definition) is 0. The van der Waals surface area contributed by atoms with Crippen molar-refractivity contribution in [1.29, 1.82) is 0 Å². The molecule has 0 bridgehead atoms. The molecule has 0 fully saturated rings. The maximum atomic E-state index is 13.6. The molecular weight excluding hydrogens is 526 g/mol. The summed E-state index contributed by atoms with van der Waals surface area (Å²) in [5, 5.41) is 1.23. The molecule has 5 aromatic carbocycles. The summed E-state index contributed by atoms with van der Waals surface area (Å²) in [6.45, 7) is 14.2. The van der Waals surface area contributed by atoms with Crippen LogP contribution in [0.3, 0.4) is 0 Å². The smallest absolute Gasteiger partial charge is 0.200 e. The van der Waals surface area contributed by atoms with Gasteiger partial charge in [-0.2, -0.15) is 0 Å². The summed E-state index contributed by atoms with van der Waals surface area (Å²) < 4.78 is 6.15. The largest absolute Gasteiger partial charge is 0.456 e. The summed E-state index contributed by atoms with van der Waals surface area (Å²) in [4.78, 5) is 16.2. The molecular formula is C40H33NO2. The van der Waals surface area contributed by atoms with Crippen molar-refractivity contribution in [2.24, 2.45) is 0 Å². The van der Waals surface area contributed by atoms with E-state index in [1.54, 1.807) is 0 Å². The first-order chi connectivity index (χ1) is 20.5. The average Bonchev–Trinajstić information content (AvgIpc) is 3.00. The van der Waals surface area contributed by atoms with Gasteiger partial charge in [0, 0.05) is 16.2 Å². The summed E-state index contributed by atoms with van der Waals surface area (Å²) in [5.41, 5.74) is 15.0. The molecule has 0 unspecified atom stereocenters. The fourth-order valence-corrected chi connectivity index (χ4v) is 8.33. The van der Waals surface area contributed by atoms with Crippen LogP contribution in [0.25, 0.3) is 33.1 Å². The Labute approximate surface area is 251 Å². The molecule has 0 spiro atoms. The lowest BCUT2D eigenvalue weighted by Gasteiger charge is -2.55. The molecule has 3 heteroatoms. The molecule has 0 saturated heterocycles. The number of rotatable bonds is 1. The summed E-state index contributed by atoms with van der Waals surface area (Å²) in [5.74, 6) is 0. The molecule has 0 atom stereocenters. The monoisotopic (exact) mass is 559 g/mol. The highest BCUT2D eigenvalue weighted by molar-refractivity contribution is 5.99. The molecule has 3 nitrogen and oxygen atoms in total. The van der Waals surface area contributed by atoms with Crippen LogP contribution in [0.5, 0.6) is 0 Å². The quantitative estimate of drug-likeness (QED) is 0.188. The highest BCUT2D eigenvalue weighted by atomic mass is 16.3. The zero-order chi connectivity index (χ0) is 29.6. The number of hydrogen-bond acceptors (Lipinski definition) is 3. The summed E-state index contributed by atoms with van der Waals surface area (Å²) in [6, 6.07) is 32.1. The van der Waals surface area contributed by atoms with Crippen molar-refractivity contribution < 1.29 is 4.42 Å². The Balaban J connectivity index is 1.37. The molecule has 0 N–H and O–H groups in total. The van der Waals surface area contributed by atoms with Crippen molar-refractivity contribution in [1.82, 2.24) is 0 Å². The van der Waals surface area contributed by atoms with Gasteiger partial charge in [-0.3, -0.25) is 4.79 Å². The fourth-order valence-electron chi connectivity index (χ4n) is 8.33. The van der Waals surface area contributed by atoms with E-state index in [1.165, 1.54) is 50.4 Å². The Bertz CT molecular complexity index is 2210. The van der Waals surface area contributed by atoms with Gasteiger partial charge in [0.15, 0.2) is 0 Å². The minimum Gasteiger partial charge on any atom is -0.456 e. The molecule has 0 radical (unpaired) electrons. The normalized spacial score (nSPS) is 17.7. The van der Waals surface area contributed by atoms with E-state index in [1.807, 2.05) is 36.4 Å². The topological polar surface area (TPSA) is 33.5 Å². The fraction of sp³-hybridized carbons (Fsp3) is 0.225. The zero-order valence-corrected chi connectivity index (χ0v) is 25.4. The molecule has 9 rings (SSSR count). The van der Waals surface area contributed by atoms with Gasteiger partial charge in [0.2, 0.25) is 5.43 Å². The highest BCUT2D eigenvalue weighted by Gasteiger charge is 2.51. The zero-order valence-electron chi connectivity index (χ0n) is 25.4. The second-order valence-corrected chi connectivity index (χ2v) is 14.2. The van der Waals surface area contributed by atoms with Gasteiger partial charge in [0.05, 0.1) is 27.8 Å². The predicted molar refractivity (Wildman–Crippen MR) is 176 cm³/mol. The van der Waals surface area contributed by atoms with Crippen LogP contribution in [0, 0.1) is 0 Å². The maximum absolute atomic E-state index is 13.6. The Hall–Kier alpha value is -4.63. The lowest BCUT2D eigenvalue weighted by molar-refractivity contribution is 0.567. The van der Waals surface area contributed by atoms with Crippen LogP contribution in [-0.2, 0) is 16.2 Å². The molecule has 210 valence electrons. The van der Waals surface area contributed by atoms with Crippen LogP contribution in [0.4, 0.5) is 17.1 Å². The maximum Gasteiger partial charge on any atom is 0.200 e. The first-order valence-corrected chi connectivity index (χ1v) is 15.2. The Kier molecular flexibility index (Phi) is 4.44. The van der Waals surface area contributed by atoms with Crippen molar-refractivity contribution in [3.8, 4) is 11.1 Å². The molecule has 43 heavy (non-hydrogen) atoms. The van der Waals surface area contributed by atoms with Crippen molar-refractivity contribution in [2.75, 3.05) is 4.90 Å². The Morgan fingerprint density at radius 1 is 0.488 bits per heavy atom. The minimum atomic E-state index is -0.218. The minimum absolute atomic E-state index is 0.0116. The van der Waals surface area contributed by atoms with Crippen LogP contribution in [-0.4, -0.2) is 0 Å². The average molecular weight is 560 g/mol. The lowest BCUT2D eigenvalue weighted by atomic mass is 9.60. The summed E-state index contributed by atoms with van der Waals surface area (Å²) in [7, 11) is 0. The second-order valence-electron chi connectivity index (χ2n) is 14.2. The third kappa shape index (κ3) is 2.88. The number of para-hydroxylation sites is 3. The van der Waals surface area contributed by atoms with Crippen LogP contribution in [0.1, 0.15) is 74.9 Å². The van der Waals surface area contributed by atoms with Crippen LogP contribution >= 0.6 is 0 Å². The standard InChI is InChI=1S/C40H33NO2/c1-38(2)26-12-9-14-28-34(26)41-35-27(38)13-10-15-29(35)40(5,6)31-21-23(20-30(36(31)41)39(28,3)4)22-17-18-33-25(19-22)37(42)24-11-7-8-16-32(24)43-33/h7-21H,1-6H3. The van der Waals surface area contributed by atoms with Gasteiger partial charge in [0.25, 0.3) is 0 Å². The van der Waals surface area contributed by atoms with Crippen molar-refractivity contribution in [2.45, 2.75) is 57.8 Å². The van der Waals surface area contributed by atoms with E-state index in [4.69, 9.17) is 4.42 Å². The molecule has 6 aromatic rings. The summed E-state index contributed by atoms with van der Waals surface area (Å²) in [6.07, 6.45) is 0. The number of fused-ring (bicyclic) bond motifs is 2. The molecule has 4 heterocycles. The van der Waals surface area contributed by atoms with E-state index in [0.717, 1.165) is 11.1 Å². The highest BCUT2D eigenvalue weighted by Crippen LogP contribution is 2.66. The van der Waals surface area contributed by atoms with Crippen molar-refractivity contribution in [3.63, 3.8) is 0 Å². The third-order valence-corrected chi connectivity index (χ3v) is 10.8. The van der Waals surface area contributed by atoms with E-state index < -0.39 is 0 Å². The molecule has 1 aromatic heterocycles. The molecule has 3 aliphatic rings. The van der Waals surface area contributed by atoms with Gasteiger partial charge < -0.3 is 9.32 Å². The molecule has 0 aliphatic carbocycles. The van der Waals surface area contributed by atoms with E-state index >= 15 is 0 Å². The third-order valence-electron chi connectivity index (χ3n) is 10.8. The Morgan fingerprint density at radius 3 is 1.56 bits per heavy atom. The van der Waals surface area contributed by atoms with E-state index in [-0.39, 0.29) is 21.7 Å². The predicted octanol–water partition coefficient (Wildman–Crippen LogP) is 10.0. The van der Waals surface area contributed by atoms with Gasteiger partial charge in [-0.25, -0.2) is 0 Å². The first-order valence-electron chi connectivity index (χ1n) is 15.2. The van der Waals surface area contributed by atoms with E-state index in [0.29, 0.717) is 21.9 Å². The van der Waals surface area contributed by atoms with Gasteiger partial charge in [-0.15, -0.1) is 0 Å². The van der Waals surface area contributed by atoms with Gasteiger partial charge >= 0.3 is 0 Å². The van der Waals surface area contributed by atoms with E-state index in [2.05, 4.69) is 101 Å². The van der Waals surface area contributed by atoms with Crippen LogP contribution < -0.4 is 10.3 Å². The molecule has 3 aliphatic heterocycles. The molecule has 0 amide bonds. The lowest BCUT2D eigenvalue weighted by Crippen LogP contribution is -2.43. The number of anilines is 3. The van der Waals surface area contributed by atoms with Crippen molar-refractivity contribution >= 4 is 39.0 Å². The Morgan fingerprint density at radius 2 is 0.977 bits per heavy atom. The van der Waals surface area contributed by atoms with Gasteiger partial charge in [-0.05, 0) is 80.9 Å². The number of benzene rings is 5. The number of nitrogens with zero attached hydrogens (tertiary/aromatic N) is 1. The van der Waals surface area contributed by atoms with Gasteiger partial charge in [0.1, 0.15) is 11.2 Å². The first kappa shape index (κ1) is 24.9. The molecule has 0 saturated carbocycles. The van der Waals surface area contributed by atoms with E-state index in [9.17, 15) is 4.79 Å². The van der Waals surface area contributed by atoms with Crippen molar-refractivity contribution in [3.05, 3.63) is 135 Å². The van der Waals surface area contributed by atoms with Crippen LogP contribution in [0.2, 0.25) is 0 Å².